The van der Waals surface area contributed by atoms with E-state index in [-0.39, 0.29) is 6.04 Å². The van der Waals surface area contributed by atoms with Gasteiger partial charge in [0.1, 0.15) is 12.4 Å². The van der Waals surface area contributed by atoms with E-state index in [4.69, 9.17) is 10.5 Å². The molecular formula is C15H21NO. The van der Waals surface area contributed by atoms with Gasteiger partial charge >= 0.3 is 0 Å². The van der Waals surface area contributed by atoms with Gasteiger partial charge in [0.05, 0.1) is 0 Å². The van der Waals surface area contributed by atoms with E-state index in [2.05, 4.69) is 38.1 Å². The molecule has 2 rings (SSSR count). The van der Waals surface area contributed by atoms with Crippen LogP contribution >= 0.6 is 0 Å². The van der Waals surface area contributed by atoms with E-state index in [9.17, 15) is 0 Å². The molecular weight excluding hydrogens is 210 g/mol. The zero-order chi connectivity index (χ0) is 12.3. The number of ether oxygens (including phenoxy) is 1. The number of rotatable bonds is 3. The van der Waals surface area contributed by atoms with Gasteiger partial charge in [0.2, 0.25) is 0 Å². The van der Waals surface area contributed by atoms with Crippen LogP contribution in [0.2, 0.25) is 0 Å². The van der Waals surface area contributed by atoms with Gasteiger partial charge in [-0.2, -0.15) is 0 Å². The first-order valence-corrected chi connectivity index (χ1v) is 6.31. The Kier molecular flexibility index (Phi) is 3.85. The van der Waals surface area contributed by atoms with Crippen LogP contribution in [0, 0.1) is 0 Å². The molecule has 0 saturated carbocycles. The molecule has 0 spiro atoms. The lowest BCUT2D eigenvalue weighted by atomic mass is 9.88. The molecule has 1 aromatic rings. The Bertz CT molecular complexity index is 419. The van der Waals surface area contributed by atoms with E-state index >= 15 is 0 Å². The standard InChI is InChI=1S/C15H21NO/c1-11(2)8-9-17-13-7-6-12-4-3-5-15(16)14(12)10-13/h6-8,10,15H,3-5,9,16H2,1-2H3/t15-/m1/s1. The lowest BCUT2D eigenvalue weighted by Crippen LogP contribution is -2.17. The summed E-state index contributed by atoms with van der Waals surface area (Å²) in [4.78, 5) is 0. The fraction of sp³-hybridized carbons (Fsp3) is 0.467. The van der Waals surface area contributed by atoms with Gasteiger partial charge in [-0.3, -0.25) is 0 Å². The Hall–Kier alpha value is -1.28. The highest BCUT2D eigenvalue weighted by molar-refractivity contribution is 5.39. The van der Waals surface area contributed by atoms with Crippen molar-refractivity contribution < 1.29 is 4.74 Å². The summed E-state index contributed by atoms with van der Waals surface area (Å²) >= 11 is 0. The van der Waals surface area contributed by atoms with E-state index in [1.165, 1.54) is 23.1 Å². The number of aryl methyl sites for hydroxylation is 1. The molecule has 1 aliphatic rings. The number of allylic oxidation sites excluding steroid dienone is 1. The summed E-state index contributed by atoms with van der Waals surface area (Å²) in [5.41, 5.74) is 10.1. The SMILES string of the molecule is CC(C)=CCOc1ccc2c(c1)[C@H](N)CCC2. The van der Waals surface area contributed by atoms with E-state index in [0.717, 1.165) is 18.6 Å². The summed E-state index contributed by atoms with van der Waals surface area (Å²) in [5, 5.41) is 0. The molecule has 0 bridgehead atoms. The number of hydrogen-bond donors (Lipinski definition) is 1. The van der Waals surface area contributed by atoms with Gasteiger partial charge < -0.3 is 10.5 Å². The number of fused-ring (bicyclic) bond motifs is 1. The lowest BCUT2D eigenvalue weighted by Gasteiger charge is -2.22. The first-order chi connectivity index (χ1) is 8.16. The van der Waals surface area contributed by atoms with E-state index in [0.29, 0.717) is 6.61 Å². The average Bonchev–Trinajstić information content (AvgIpc) is 2.30. The van der Waals surface area contributed by atoms with Crippen LogP contribution < -0.4 is 10.5 Å². The third-order valence-corrected chi connectivity index (χ3v) is 3.22. The normalized spacial score (nSPS) is 18.4. The first kappa shape index (κ1) is 12.2. The topological polar surface area (TPSA) is 35.2 Å². The predicted octanol–water partition coefficient (Wildman–Crippen LogP) is 3.37. The first-order valence-electron chi connectivity index (χ1n) is 6.31. The van der Waals surface area contributed by atoms with Crippen molar-refractivity contribution in [3.05, 3.63) is 41.0 Å². The van der Waals surface area contributed by atoms with Gasteiger partial charge in [-0.15, -0.1) is 0 Å². The zero-order valence-corrected chi connectivity index (χ0v) is 10.7. The van der Waals surface area contributed by atoms with Crippen molar-refractivity contribution in [2.45, 2.75) is 39.2 Å². The van der Waals surface area contributed by atoms with Crippen LogP contribution in [0.15, 0.2) is 29.8 Å². The molecule has 2 heteroatoms. The Morgan fingerprint density at radius 3 is 3.06 bits per heavy atom. The predicted molar refractivity (Wildman–Crippen MR) is 71.2 cm³/mol. The second kappa shape index (κ2) is 5.37. The Balaban J connectivity index is 2.10. The van der Waals surface area contributed by atoms with Crippen molar-refractivity contribution in [3.63, 3.8) is 0 Å². The van der Waals surface area contributed by atoms with Crippen molar-refractivity contribution in [3.8, 4) is 5.75 Å². The van der Waals surface area contributed by atoms with Crippen LogP contribution in [0.4, 0.5) is 0 Å². The number of hydrogen-bond acceptors (Lipinski definition) is 2. The Labute approximate surface area is 103 Å². The highest BCUT2D eigenvalue weighted by atomic mass is 16.5. The summed E-state index contributed by atoms with van der Waals surface area (Å²) in [6.45, 7) is 4.79. The molecule has 17 heavy (non-hydrogen) atoms. The molecule has 0 unspecified atom stereocenters. The van der Waals surface area contributed by atoms with Gasteiger partial charge in [0.15, 0.2) is 0 Å². The van der Waals surface area contributed by atoms with Gasteiger partial charge in [-0.1, -0.05) is 11.6 Å². The second-order valence-corrected chi connectivity index (χ2v) is 4.95. The van der Waals surface area contributed by atoms with Crippen LogP contribution in [-0.2, 0) is 6.42 Å². The van der Waals surface area contributed by atoms with Crippen LogP contribution in [0.5, 0.6) is 5.75 Å². The fourth-order valence-corrected chi connectivity index (χ4v) is 2.21. The average molecular weight is 231 g/mol. The third kappa shape index (κ3) is 3.10. The molecule has 0 aromatic heterocycles. The van der Waals surface area contributed by atoms with Crippen molar-refractivity contribution in [2.24, 2.45) is 5.73 Å². The van der Waals surface area contributed by atoms with Crippen molar-refractivity contribution in [2.75, 3.05) is 6.61 Å². The minimum absolute atomic E-state index is 0.186. The fourth-order valence-electron chi connectivity index (χ4n) is 2.21. The van der Waals surface area contributed by atoms with Gasteiger partial charge in [-0.25, -0.2) is 0 Å². The summed E-state index contributed by atoms with van der Waals surface area (Å²) in [6.07, 6.45) is 5.52. The van der Waals surface area contributed by atoms with Gasteiger partial charge in [0.25, 0.3) is 0 Å². The summed E-state index contributed by atoms with van der Waals surface area (Å²) in [5.74, 6) is 0.929. The molecule has 1 aliphatic carbocycles. The molecule has 0 heterocycles. The third-order valence-electron chi connectivity index (χ3n) is 3.22. The molecule has 2 nitrogen and oxygen atoms in total. The molecule has 1 aromatic carbocycles. The Morgan fingerprint density at radius 1 is 1.47 bits per heavy atom. The minimum Gasteiger partial charge on any atom is -0.490 e. The quantitative estimate of drug-likeness (QED) is 0.809. The maximum Gasteiger partial charge on any atom is 0.120 e. The minimum atomic E-state index is 0.186. The molecule has 92 valence electrons. The second-order valence-electron chi connectivity index (χ2n) is 4.95. The molecule has 0 amide bonds. The molecule has 0 radical (unpaired) electrons. The smallest absolute Gasteiger partial charge is 0.120 e. The molecule has 0 aliphatic heterocycles. The number of benzene rings is 1. The lowest BCUT2D eigenvalue weighted by molar-refractivity contribution is 0.360. The monoisotopic (exact) mass is 231 g/mol. The summed E-state index contributed by atoms with van der Waals surface area (Å²) < 4.78 is 5.70. The summed E-state index contributed by atoms with van der Waals surface area (Å²) in [7, 11) is 0. The van der Waals surface area contributed by atoms with Gasteiger partial charge in [0, 0.05) is 6.04 Å². The molecule has 2 N–H and O–H groups in total. The van der Waals surface area contributed by atoms with Gasteiger partial charge in [-0.05, 0) is 62.4 Å². The molecule has 0 fully saturated rings. The van der Waals surface area contributed by atoms with E-state index in [1.807, 2.05) is 0 Å². The maximum absolute atomic E-state index is 6.12. The van der Waals surface area contributed by atoms with Crippen LogP contribution in [0.3, 0.4) is 0 Å². The van der Waals surface area contributed by atoms with Crippen molar-refractivity contribution in [1.82, 2.24) is 0 Å². The maximum atomic E-state index is 6.12. The van der Waals surface area contributed by atoms with Crippen LogP contribution in [-0.4, -0.2) is 6.61 Å². The molecule has 1 atom stereocenters. The Morgan fingerprint density at radius 2 is 2.29 bits per heavy atom. The van der Waals surface area contributed by atoms with Crippen molar-refractivity contribution in [1.29, 1.82) is 0 Å². The summed E-state index contributed by atoms with van der Waals surface area (Å²) in [6, 6.07) is 6.51. The highest BCUT2D eigenvalue weighted by Crippen LogP contribution is 2.30. The largest absolute Gasteiger partial charge is 0.490 e. The molecule has 0 saturated heterocycles. The highest BCUT2D eigenvalue weighted by Gasteiger charge is 2.16. The van der Waals surface area contributed by atoms with E-state index in [1.54, 1.807) is 0 Å². The number of nitrogens with two attached hydrogens (primary N) is 1. The van der Waals surface area contributed by atoms with E-state index < -0.39 is 0 Å². The van der Waals surface area contributed by atoms with Crippen LogP contribution in [0.25, 0.3) is 0 Å². The van der Waals surface area contributed by atoms with Crippen LogP contribution in [0.1, 0.15) is 43.9 Å². The van der Waals surface area contributed by atoms with Crippen molar-refractivity contribution >= 4 is 0 Å². The zero-order valence-electron chi connectivity index (χ0n) is 10.7.